The zero-order valence-corrected chi connectivity index (χ0v) is 29.4. The van der Waals surface area contributed by atoms with E-state index < -0.39 is 0 Å². The van der Waals surface area contributed by atoms with Gasteiger partial charge in [0.1, 0.15) is 11.9 Å². The maximum atomic E-state index is 6.70. The van der Waals surface area contributed by atoms with E-state index in [1.54, 1.807) is 0 Å². The fourth-order valence-corrected chi connectivity index (χ4v) is 10.7. The number of ether oxygens (including phenoxy) is 1. The molecule has 0 bridgehead atoms. The molecule has 9 unspecified atom stereocenters. The van der Waals surface area contributed by atoms with Gasteiger partial charge in [-0.2, -0.15) is 0 Å². The summed E-state index contributed by atoms with van der Waals surface area (Å²) in [6.45, 7) is 0. The molecule has 1 fully saturated rings. The van der Waals surface area contributed by atoms with E-state index in [0.29, 0.717) is 47.8 Å². The van der Waals surface area contributed by atoms with Crippen molar-refractivity contribution in [3.8, 4) is 11.1 Å². The van der Waals surface area contributed by atoms with E-state index in [2.05, 4.69) is 162 Å². The van der Waals surface area contributed by atoms with Crippen LogP contribution in [0, 0.1) is 17.8 Å². The Bertz CT molecular complexity index is 1980. The molecule has 1 saturated heterocycles. The summed E-state index contributed by atoms with van der Waals surface area (Å²) in [6, 6.07) is 33.0. The van der Waals surface area contributed by atoms with E-state index in [4.69, 9.17) is 4.74 Å². The summed E-state index contributed by atoms with van der Waals surface area (Å²) in [6.07, 6.45) is 34.8. The molecule has 3 aromatic carbocycles. The molecule has 5 aliphatic carbocycles. The van der Waals surface area contributed by atoms with Crippen LogP contribution in [-0.4, -0.2) is 35.2 Å². The first-order valence-corrected chi connectivity index (χ1v) is 19.5. The van der Waals surface area contributed by atoms with Crippen molar-refractivity contribution in [2.24, 2.45) is 17.8 Å². The standard InChI is InChI=1S/C48H48N2O/c1-4-14-33(15-5-1)35-18-12-21-38(30-35)49(44-23-13-25-47-48(44)41-22-10-11-24-46(41)51-47)39-27-29-43-42(32-39)40-28-26-36(34-16-6-2-7-17-34)31-45(40)50(43)37-19-8-3-9-20-37/h1-8,10,12-19,21-22,25-30,36,39-40,42-45,47-48H,9,11,20,23-24,31-32H2. The topological polar surface area (TPSA) is 15.7 Å². The highest BCUT2D eigenvalue weighted by molar-refractivity contribution is 5.69. The second-order valence-electron chi connectivity index (χ2n) is 15.6. The molecule has 3 heteroatoms. The molecular formula is C48H48N2O. The number of nitrogens with zero attached hydrogens (tertiary/aromatic N) is 2. The Kier molecular flexibility index (Phi) is 7.96. The molecule has 9 atom stereocenters. The smallest absolute Gasteiger partial charge is 0.125 e. The second-order valence-corrected chi connectivity index (χ2v) is 15.6. The second kappa shape index (κ2) is 13.1. The van der Waals surface area contributed by atoms with Crippen LogP contribution in [0.1, 0.15) is 56.4 Å². The number of allylic oxidation sites excluding steroid dienone is 8. The first kappa shape index (κ1) is 31.0. The van der Waals surface area contributed by atoms with Crippen LogP contribution in [0.25, 0.3) is 11.1 Å². The highest BCUT2D eigenvalue weighted by atomic mass is 16.5. The first-order chi connectivity index (χ1) is 25.3. The zero-order chi connectivity index (χ0) is 33.7. The summed E-state index contributed by atoms with van der Waals surface area (Å²) in [7, 11) is 0. The zero-order valence-electron chi connectivity index (χ0n) is 29.4. The van der Waals surface area contributed by atoms with Gasteiger partial charge in [0.05, 0.1) is 6.04 Å². The van der Waals surface area contributed by atoms with Gasteiger partial charge < -0.3 is 14.5 Å². The third kappa shape index (κ3) is 5.48. The van der Waals surface area contributed by atoms with Crippen molar-refractivity contribution < 1.29 is 4.74 Å². The first-order valence-electron chi connectivity index (χ1n) is 19.5. The predicted molar refractivity (Wildman–Crippen MR) is 209 cm³/mol. The van der Waals surface area contributed by atoms with E-state index in [1.807, 2.05) is 0 Å². The Morgan fingerprint density at radius 3 is 2.43 bits per heavy atom. The van der Waals surface area contributed by atoms with Crippen molar-refractivity contribution in [2.45, 2.75) is 81.1 Å². The molecule has 2 aliphatic heterocycles. The van der Waals surface area contributed by atoms with E-state index in [-0.39, 0.29) is 6.10 Å². The van der Waals surface area contributed by atoms with Crippen LogP contribution in [-0.2, 0) is 4.74 Å². The van der Waals surface area contributed by atoms with Crippen LogP contribution < -0.4 is 4.90 Å². The molecule has 3 nitrogen and oxygen atoms in total. The van der Waals surface area contributed by atoms with Crippen molar-refractivity contribution in [2.75, 3.05) is 4.90 Å². The van der Waals surface area contributed by atoms with Gasteiger partial charge in [-0.15, -0.1) is 0 Å². The van der Waals surface area contributed by atoms with Gasteiger partial charge in [-0.05, 0) is 91.0 Å². The van der Waals surface area contributed by atoms with Crippen molar-refractivity contribution >= 4 is 5.69 Å². The van der Waals surface area contributed by atoms with Crippen LogP contribution in [0.4, 0.5) is 5.69 Å². The lowest BCUT2D eigenvalue weighted by atomic mass is 9.73. The molecule has 10 rings (SSSR count). The Hall–Kier alpha value is -4.76. The van der Waals surface area contributed by atoms with Gasteiger partial charge in [-0.25, -0.2) is 0 Å². The number of benzene rings is 3. The number of likely N-dealkylation sites (tertiary alicyclic amines) is 1. The monoisotopic (exact) mass is 668 g/mol. The molecule has 0 radical (unpaired) electrons. The third-order valence-electron chi connectivity index (χ3n) is 12.9. The van der Waals surface area contributed by atoms with E-state index >= 15 is 0 Å². The fourth-order valence-electron chi connectivity index (χ4n) is 10.7. The molecule has 0 amide bonds. The summed E-state index contributed by atoms with van der Waals surface area (Å²) < 4.78 is 6.70. The van der Waals surface area contributed by atoms with Crippen LogP contribution in [0.15, 0.2) is 169 Å². The molecule has 0 N–H and O–H groups in total. The highest BCUT2D eigenvalue weighted by Gasteiger charge is 2.52. The Morgan fingerprint density at radius 1 is 0.725 bits per heavy atom. The summed E-state index contributed by atoms with van der Waals surface area (Å²) in [4.78, 5) is 5.71. The van der Waals surface area contributed by atoms with Gasteiger partial charge in [0.2, 0.25) is 0 Å². The SMILES string of the molecule is C1=CCCC(N2C3C=CC(N(c4cccc(-c5ccccc5)c4)C4CC=CC5OC6=C(C=CCC6)C54)CC3C3C=CC(c4ccccc4)CC32)=C1. The van der Waals surface area contributed by atoms with Crippen LogP contribution in [0.2, 0.25) is 0 Å². The fraction of sp³-hybridized carbons (Fsp3) is 0.333. The molecule has 0 saturated carbocycles. The average Bonchev–Trinajstić information content (AvgIpc) is 3.75. The third-order valence-corrected chi connectivity index (χ3v) is 12.9. The van der Waals surface area contributed by atoms with E-state index in [1.165, 1.54) is 45.8 Å². The van der Waals surface area contributed by atoms with Crippen molar-refractivity contribution in [3.05, 3.63) is 174 Å². The molecule has 51 heavy (non-hydrogen) atoms. The minimum atomic E-state index is 0.116. The lowest BCUT2D eigenvalue weighted by Gasteiger charge is -2.47. The Morgan fingerprint density at radius 2 is 1.57 bits per heavy atom. The number of hydrogen-bond donors (Lipinski definition) is 0. The minimum Gasteiger partial charge on any atom is -0.490 e. The average molecular weight is 669 g/mol. The van der Waals surface area contributed by atoms with E-state index in [0.717, 1.165) is 38.5 Å². The molecule has 7 aliphatic rings. The van der Waals surface area contributed by atoms with Gasteiger partial charge in [0.15, 0.2) is 0 Å². The predicted octanol–water partition coefficient (Wildman–Crippen LogP) is 10.7. The Labute approximate surface area is 303 Å². The summed E-state index contributed by atoms with van der Waals surface area (Å²) >= 11 is 0. The van der Waals surface area contributed by atoms with Gasteiger partial charge in [0.25, 0.3) is 0 Å². The molecule has 256 valence electrons. The normalized spacial score (nSPS) is 32.9. The van der Waals surface area contributed by atoms with Gasteiger partial charge in [0, 0.05) is 53.7 Å². The molecule has 3 aromatic rings. The van der Waals surface area contributed by atoms with Crippen molar-refractivity contribution in [3.63, 3.8) is 0 Å². The maximum Gasteiger partial charge on any atom is 0.125 e. The number of hydrogen-bond acceptors (Lipinski definition) is 3. The maximum absolute atomic E-state index is 6.70. The number of fused-ring (bicyclic) bond motifs is 5. The largest absolute Gasteiger partial charge is 0.490 e. The van der Waals surface area contributed by atoms with Crippen molar-refractivity contribution in [1.82, 2.24) is 4.90 Å². The lowest BCUT2D eigenvalue weighted by molar-refractivity contribution is 0.129. The molecule has 0 spiro atoms. The summed E-state index contributed by atoms with van der Waals surface area (Å²) in [5.74, 6) is 3.12. The minimum absolute atomic E-state index is 0.116. The quantitative estimate of drug-likeness (QED) is 0.243. The Balaban J connectivity index is 1.05. The van der Waals surface area contributed by atoms with Gasteiger partial charge in [-0.1, -0.05) is 127 Å². The number of rotatable bonds is 6. The molecule has 0 aromatic heterocycles. The number of anilines is 1. The van der Waals surface area contributed by atoms with Crippen LogP contribution >= 0.6 is 0 Å². The summed E-state index contributed by atoms with van der Waals surface area (Å²) in [5.41, 5.74) is 8.30. The highest BCUT2D eigenvalue weighted by Crippen LogP contribution is 2.52. The van der Waals surface area contributed by atoms with Crippen LogP contribution in [0.5, 0.6) is 0 Å². The van der Waals surface area contributed by atoms with E-state index in [9.17, 15) is 0 Å². The lowest BCUT2D eigenvalue weighted by Crippen LogP contribution is -2.52. The molecular weight excluding hydrogens is 621 g/mol. The van der Waals surface area contributed by atoms with Gasteiger partial charge >= 0.3 is 0 Å². The summed E-state index contributed by atoms with van der Waals surface area (Å²) in [5, 5.41) is 0. The molecule has 2 heterocycles. The van der Waals surface area contributed by atoms with Crippen molar-refractivity contribution in [1.29, 1.82) is 0 Å². The van der Waals surface area contributed by atoms with Gasteiger partial charge in [-0.3, -0.25) is 0 Å². The van der Waals surface area contributed by atoms with Crippen LogP contribution in [0.3, 0.4) is 0 Å².